The SMILES string of the molecule is Cc1ccc(C(=O)NCC(=O)N[C@H](C(=O)O)C(C)C)s1. The van der Waals surface area contributed by atoms with Crippen LogP contribution in [0, 0.1) is 12.8 Å². The van der Waals surface area contributed by atoms with Crippen molar-refractivity contribution in [2.24, 2.45) is 5.92 Å². The molecule has 0 radical (unpaired) electrons. The highest BCUT2D eigenvalue weighted by Crippen LogP contribution is 2.14. The molecule has 1 atom stereocenters. The molecule has 110 valence electrons. The molecule has 0 saturated carbocycles. The van der Waals surface area contributed by atoms with Gasteiger partial charge in [-0.05, 0) is 25.0 Å². The molecule has 7 heteroatoms. The van der Waals surface area contributed by atoms with Crippen LogP contribution in [0.1, 0.15) is 28.4 Å². The molecule has 2 amide bonds. The van der Waals surface area contributed by atoms with Gasteiger partial charge >= 0.3 is 5.97 Å². The number of carboxylic acid groups (broad SMARTS) is 1. The fourth-order valence-electron chi connectivity index (χ4n) is 1.54. The van der Waals surface area contributed by atoms with E-state index < -0.39 is 17.9 Å². The number of carbonyl (C=O) groups excluding carboxylic acids is 2. The zero-order chi connectivity index (χ0) is 15.3. The first-order valence-corrected chi connectivity index (χ1v) is 6.99. The minimum atomic E-state index is -1.09. The first-order valence-electron chi connectivity index (χ1n) is 6.18. The summed E-state index contributed by atoms with van der Waals surface area (Å²) in [5.74, 6) is -2.18. The molecule has 1 aromatic rings. The Hall–Kier alpha value is -1.89. The quantitative estimate of drug-likeness (QED) is 0.730. The number of aliphatic carboxylic acids is 1. The highest BCUT2D eigenvalue weighted by atomic mass is 32.1. The van der Waals surface area contributed by atoms with Gasteiger partial charge in [0.1, 0.15) is 6.04 Å². The van der Waals surface area contributed by atoms with Crippen molar-refractivity contribution in [3.05, 3.63) is 21.9 Å². The summed E-state index contributed by atoms with van der Waals surface area (Å²) in [5, 5.41) is 13.8. The molecule has 0 fully saturated rings. The zero-order valence-corrected chi connectivity index (χ0v) is 12.4. The monoisotopic (exact) mass is 298 g/mol. The van der Waals surface area contributed by atoms with Gasteiger partial charge in [-0.25, -0.2) is 4.79 Å². The van der Waals surface area contributed by atoms with Gasteiger partial charge in [0.15, 0.2) is 0 Å². The fourth-order valence-corrected chi connectivity index (χ4v) is 2.33. The van der Waals surface area contributed by atoms with Crippen molar-refractivity contribution in [2.45, 2.75) is 26.8 Å². The molecule has 1 heterocycles. The van der Waals surface area contributed by atoms with Crippen molar-refractivity contribution in [2.75, 3.05) is 6.54 Å². The van der Waals surface area contributed by atoms with E-state index in [1.807, 2.05) is 13.0 Å². The summed E-state index contributed by atoms with van der Waals surface area (Å²) in [6.45, 7) is 5.04. The van der Waals surface area contributed by atoms with Gasteiger partial charge in [-0.3, -0.25) is 9.59 Å². The van der Waals surface area contributed by atoms with E-state index in [0.717, 1.165) is 4.88 Å². The normalized spacial score (nSPS) is 12.0. The lowest BCUT2D eigenvalue weighted by Gasteiger charge is -2.17. The predicted octanol–water partition coefficient (Wildman–Crippen LogP) is 1.01. The lowest BCUT2D eigenvalue weighted by Crippen LogP contribution is -2.47. The van der Waals surface area contributed by atoms with Crippen molar-refractivity contribution in [3.63, 3.8) is 0 Å². The molecule has 0 aliphatic heterocycles. The minimum absolute atomic E-state index is 0.230. The average molecular weight is 298 g/mol. The Kier molecular flexibility index (Phi) is 5.69. The van der Waals surface area contributed by atoms with E-state index in [1.165, 1.54) is 11.3 Å². The molecule has 20 heavy (non-hydrogen) atoms. The molecule has 0 aliphatic carbocycles. The Morgan fingerprint density at radius 1 is 1.30 bits per heavy atom. The smallest absolute Gasteiger partial charge is 0.326 e. The second-order valence-corrected chi connectivity index (χ2v) is 6.01. The Morgan fingerprint density at radius 3 is 2.40 bits per heavy atom. The number of nitrogens with one attached hydrogen (secondary N) is 2. The number of aryl methyl sites for hydroxylation is 1. The number of amides is 2. The molecule has 0 spiro atoms. The molecule has 6 nitrogen and oxygen atoms in total. The van der Waals surface area contributed by atoms with E-state index in [9.17, 15) is 14.4 Å². The Morgan fingerprint density at radius 2 is 1.95 bits per heavy atom. The summed E-state index contributed by atoms with van der Waals surface area (Å²) < 4.78 is 0. The third kappa shape index (κ3) is 4.65. The number of rotatable bonds is 6. The maximum atomic E-state index is 11.7. The second-order valence-electron chi connectivity index (χ2n) is 4.72. The van der Waals surface area contributed by atoms with Crippen LogP contribution in [-0.4, -0.2) is 35.5 Å². The van der Waals surface area contributed by atoms with Crippen molar-refractivity contribution in [3.8, 4) is 0 Å². The van der Waals surface area contributed by atoms with Crippen molar-refractivity contribution in [1.82, 2.24) is 10.6 Å². The van der Waals surface area contributed by atoms with E-state index in [1.54, 1.807) is 19.9 Å². The fraction of sp³-hybridized carbons (Fsp3) is 0.462. The van der Waals surface area contributed by atoms with Gasteiger partial charge in [0.25, 0.3) is 5.91 Å². The van der Waals surface area contributed by atoms with Crippen molar-refractivity contribution in [1.29, 1.82) is 0 Å². The van der Waals surface area contributed by atoms with Gasteiger partial charge in [0.2, 0.25) is 5.91 Å². The first kappa shape index (κ1) is 16.2. The molecule has 3 N–H and O–H groups in total. The maximum absolute atomic E-state index is 11.7. The highest BCUT2D eigenvalue weighted by molar-refractivity contribution is 7.13. The third-order valence-corrected chi connectivity index (χ3v) is 3.62. The molecule has 0 bridgehead atoms. The van der Waals surface area contributed by atoms with Crippen LogP contribution in [0.5, 0.6) is 0 Å². The third-order valence-electron chi connectivity index (χ3n) is 2.62. The van der Waals surface area contributed by atoms with Crippen LogP contribution in [-0.2, 0) is 9.59 Å². The van der Waals surface area contributed by atoms with E-state index in [0.29, 0.717) is 4.88 Å². The zero-order valence-electron chi connectivity index (χ0n) is 11.6. The highest BCUT2D eigenvalue weighted by Gasteiger charge is 2.23. The van der Waals surface area contributed by atoms with E-state index in [2.05, 4.69) is 10.6 Å². The topological polar surface area (TPSA) is 95.5 Å². The average Bonchev–Trinajstić information content (AvgIpc) is 2.79. The van der Waals surface area contributed by atoms with Gasteiger partial charge in [0.05, 0.1) is 11.4 Å². The Labute approximate surface area is 121 Å². The van der Waals surface area contributed by atoms with E-state index in [-0.39, 0.29) is 18.4 Å². The van der Waals surface area contributed by atoms with Crippen LogP contribution in [0.25, 0.3) is 0 Å². The van der Waals surface area contributed by atoms with E-state index >= 15 is 0 Å². The molecule has 0 unspecified atom stereocenters. The standard InChI is InChI=1S/C13H18N2O4S/c1-7(2)11(13(18)19)15-10(16)6-14-12(17)9-5-4-8(3)20-9/h4-5,7,11H,6H2,1-3H3,(H,14,17)(H,15,16)(H,18,19)/t11-/m0/s1. The van der Waals surface area contributed by atoms with Crippen molar-refractivity contribution >= 4 is 29.1 Å². The molecular formula is C13H18N2O4S. The lowest BCUT2D eigenvalue weighted by atomic mass is 10.1. The summed E-state index contributed by atoms with van der Waals surface area (Å²) in [4.78, 5) is 35.8. The summed E-state index contributed by atoms with van der Waals surface area (Å²) in [6.07, 6.45) is 0. The maximum Gasteiger partial charge on any atom is 0.326 e. The first-order chi connectivity index (χ1) is 9.31. The summed E-state index contributed by atoms with van der Waals surface area (Å²) in [5.41, 5.74) is 0. The second kappa shape index (κ2) is 7.04. The van der Waals surface area contributed by atoms with Gasteiger partial charge in [-0.2, -0.15) is 0 Å². The summed E-state index contributed by atoms with van der Waals surface area (Å²) >= 11 is 1.33. The Bertz CT molecular complexity index is 510. The molecule has 1 rings (SSSR count). The number of carboxylic acids is 1. The van der Waals surface area contributed by atoms with Gasteiger partial charge < -0.3 is 15.7 Å². The van der Waals surface area contributed by atoms with Crippen LogP contribution < -0.4 is 10.6 Å². The number of thiophene rings is 1. The van der Waals surface area contributed by atoms with E-state index in [4.69, 9.17) is 5.11 Å². The van der Waals surface area contributed by atoms with Crippen LogP contribution in [0.3, 0.4) is 0 Å². The van der Waals surface area contributed by atoms with Crippen LogP contribution >= 0.6 is 11.3 Å². The molecule has 1 aromatic heterocycles. The largest absolute Gasteiger partial charge is 0.480 e. The summed E-state index contributed by atoms with van der Waals surface area (Å²) in [7, 11) is 0. The lowest BCUT2D eigenvalue weighted by molar-refractivity contribution is -0.142. The molecular weight excluding hydrogens is 280 g/mol. The molecule has 0 aliphatic rings. The van der Waals surface area contributed by atoms with Crippen molar-refractivity contribution < 1.29 is 19.5 Å². The van der Waals surface area contributed by atoms with Crippen LogP contribution in [0.15, 0.2) is 12.1 Å². The van der Waals surface area contributed by atoms with Crippen LogP contribution in [0.2, 0.25) is 0 Å². The molecule has 0 saturated heterocycles. The molecule has 0 aromatic carbocycles. The van der Waals surface area contributed by atoms with Crippen LogP contribution in [0.4, 0.5) is 0 Å². The number of hydrogen-bond acceptors (Lipinski definition) is 4. The van der Waals surface area contributed by atoms with Gasteiger partial charge in [0, 0.05) is 4.88 Å². The number of carbonyl (C=O) groups is 3. The predicted molar refractivity (Wildman–Crippen MR) is 75.8 cm³/mol. The number of hydrogen-bond donors (Lipinski definition) is 3. The minimum Gasteiger partial charge on any atom is -0.480 e. The Balaban J connectivity index is 2.47. The van der Waals surface area contributed by atoms with Gasteiger partial charge in [-0.15, -0.1) is 11.3 Å². The van der Waals surface area contributed by atoms with Gasteiger partial charge in [-0.1, -0.05) is 13.8 Å². The summed E-state index contributed by atoms with van der Waals surface area (Å²) in [6, 6.07) is 2.55.